The van der Waals surface area contributed by atoms with E-state index in [1.807, 2.05) is 12.1 Å². The molecule has 1 aliphatic heterocycles. The van der Waals surface area contributed by atoms with E-state index in [1.54, 1.807) is 17.4 Å². The summed E-state index contributed by atoms with van der Waals surface area (Å²) in [5, 5.41) is 5.43. The average Bonchev–Trinajstić information content (AvgIpc) is 3.03. The van der Waals surface area contributed by atoms with Gasteiger partial charge in [0.2, 0.25) is 0 Å². The van der Waals surface area contributed by atoms with Gasteiger partial charge in [0, 0.05) is 36.6 Å². The van der Waals surface area contributed by atoms with Crippen LogP contribution in [0.2, 0.25) is 0 Å². The van der Waals surface area contributed by atoms with E-state index in [0.29, 0.717) is 5.75 Å². The highest BCUT2D eigenvalue weighted by atomic mass is 35.5. The van der Waals surface area contributed by atoms with E-state index in [-0.39, 0.29) is 36.7 Å². The molecule has 1 aromatic carbocycles. The number of benzene rings is 1. The third-order valence-corrected chi connectivity index (χ3v) is 4.75. The van der Waals surface area contributed by atoms with Crippen molar-refractivity contribution in [2.24, 2.45) is 0 Å². The normalized spacial score (nSPS) is 16.1. The first-order valence-corrected chi connectivity index (χ1v) is 8.00. The number of para-hydroxylation sites is 1. The molecule has 3 nitrogen and oxygen atoms in total. The summed E-state index contributed by atoms with van der Waals surface area (Å²) in [7, 11) is 1.53. The first kappa shape index (κ1) is 20.2. The zero-order valence-corrected chi connectivity index (χ0v) is 15.3. The van der Waals surface area contributed by atoms with Gasteiger partial charge in [0.25, 0.3) is 0 Å². The molecule has 1 atom stereocenters. The molecule has 2 heterocycles. The van der Waals surface area contributed by atoms with Gasteiger partial charge in [-0.25, -0.2) is 4.39 Å². The number of hydrogen-bond donors (Lipinski definition) is 1. The third-order valence-electron chi connectivity index (χ3n) is 3.83. The molecule has 23 heavy (non-hydrogen) atoms. The number of thiophene rings is 1. The summed E-state index contributed by atoms with van der Waals surface area (Å²) < 4.78 is 19.4. The van der Waals surface area contributed by atoms with Crippen LogP contribution in [0.4, 0.5) is 4.39 Å². The zero-order chi connectivity index (χ0) is 14.7. The Balaban J connectivity index is 0.00000132. The second kappa shape index (κ2) is 9.45. The number of nitrogens with zero attached hydrogens (tertiary/aromatic N) is 1. The molecule has 0 aliphatic carbocycles. The fraction of sp³-hybridized carbons (Fsp3) is 0.375. The highest BCUT2D eigenvalue weighted by molar-refractivity contribution is 7.10. The van der Waals surface area contributed by atoms with Crippen molar-refractivity contribution in [1.82, 2.24) is 10.2 Å². The fourth-order valence-electron chi connectivity index (χ4n) is 2.87. The minimum atomic E-state index is -0.299. The van der Waals surface area contributed by atoms with Gasteiger partial charge in [-0.15, -0.1) is 36.2 Å². The molecular formula is C16H21Cl2FN2OS. The Morgan fingerprint density at radius 3 is 2.52 bits per heavy atom. The Kier molecular flexibility index (Phi) is 8.29. The summed E-state index contributed by atoms with van der Waals surface area (Å²) in [6.45, 7) is 3.81. The standard InChI is InChI=1S/C16H19FN2OS.2ClH/c1-20-16-12(4-2-5-13(16)17)15(14-6-3-11-21-14)19-9-7-18-8-10-19;;/h2-6,11,15,18H,7-10H2,1H3;2*1H/t15-;;/m0../s1. The fourth-order valence-corrected chi connectivity index (χ4v) is 3.75. The lowest BCUT2D eigenvalue weighted by Crippen LogP contribution is -2.45. The van der Waals surface area contributed by atoms with Gasteiger partial charge >= 0.3 is 0 Å². The lowest BCUT2D eigenvalue weighted by molar-refractivity contribution is 0.197. The Labute approximate surface area is 152 Å². The van der Waals surface area contributed by atoms with Crippen LogP contribution in [0.25, 0.3) is 0 Å². The molecule has 7 heteroatoms. The summed E-state index contributed by atoms with van der Waals surface area (Å²) in [4.78, 5) is 3.61. The van der Waals surface area contributed by atoms with Crippen molar-refractivity contribution in [1.29, 1.82) is 0 Å². The van der Waals surface area contributed by atoms with E-state index < -0.39 is 0 Å². The zero-order valence-electron chi connectivity index (χ0n) is 12.8. The predicted octanol–water partition coefficient (Wildman–Crippen LogP) is 3.73. The molecule has 0 unspecified atom stereocenters. The molecule has 1 aromatic heterocycles. The highest BCUT2D eigenvalue weighted by Crippen LogP contribution is 2.38. The van der Waals surface area contributed by atoms with E-state index >= 15 is 0 Å². The van der Waals surface area contributed by atoms with E-state index in [9.17, 15) is 4.39 Å². The first-order chi connectivity index (χ1) is 10.3. The van der Waals surface area contributed by atoms with Gasteiger partial charge in [0.05, 0.1) is 13.2 Å². The van der Waals surface area contributed by atoms with Crippen LogP contribution in [0.1, 0.15) is 16.5 Å². The third kappa shape index (κ3) is 4.37. The number of hydrogen-bond acceptors (Lipinski definition) is 4. The maximum Gasteiger partial charge on any atom is 0.165 e. The molecule has 1 aliphatic rings. The van der Waals surface area contributed by atoms with Crippen LogP contribution >= 0.6 is 36.2 Å². The van der Waals surface area contributed by atoms with Gasteiger partial charge in [-0.1, -0.05) is 18.2 Å². The van der Waals surface area contributed by atoms with Crippen molar-refractivity contribution in [3.63, 3.8) is 0 Å². The van der Waals surface area contributed by atoms with Crippen molar-refractivity contribution in [3.8, 4) is 5.75 Å². The minimum absolute atomic E-state index is 0. The molecule has 0 spiro atoms. The minimum Gasteiger partial charge on any atom is -0.493 e. The Hall–Kier alpha value is -0.850. The summed E-state index contributed by atoms with van der Waals surface area (Å²) >= 11 is 1.70. The lowest BCUT2D eigenvalue weighted by Gasteiger charge is -2.35. The van der Waals surface area contributed by atoms with Gasteiger partial charge in [0.15, 0.2) is 11.6 Å². The number of rotatable bonds is 4. The molecule has 0 radical (unpaired) electrons. The van der Waals surface area contributed by atoms with Crippen molar-refractivity contribution in [2.45, 2.75) is 6.04 Å². The Bertz CT molecular complexity index is 592. The van der Waals surface area contributed by atoms with Crippen LogP contribution in [-0.2, 0) is 0 Å². The first-order valence-electron chi connectivity index (χ1n) is 7.12. The molecule has 3 rings (SSSR count). The summed E-state index contributed by atoms with van der Waals surface area (Å²) in [5.74, 6) is 0.0566. The van der Waals surface area contributed by atoms with Crippen molar-refractivity contribution in [3.05, 3.63) is 52.0 Å². The van der Waals surface area contributed by atoms with Crippen LogP contribution in [0.15, 0.2) is 35.7 Å². The van der Waals surface area contributed by atoms with Crippen LogP contribution in [-0.4, -0.2) is 38.2 Å². The molecule has 0 saturated carbocycles. The second-order valence-corrected chi connectivity index (χ2v) is 6.05. The molecule has 1 saturated heterocycles. The predicted molar refractivity (Wildman–Crippen MR) is 98.1 cm³/mol. The maximum absolute atomic E-state index is 14.1. The molecular weight excluding hydrogens is 358 g/mol. The SMILES string of the molecule is COc1c(F)cccc1[C@@H](c1cccs1)N1CCNCC1.Cl.Cl. The molecule has 1 fully saturated rings. The summed E-state index contributed by atoms with van der Waals surface area (Å²) in [5.41, 5.74) is 0.904. The van der Waals surface area contributed by atoms with E-state index in [2.05, 4.69) is 21.7 Å². The van der Waals surface area contributed by atoms with Crippen LogP contribution < -0.4 is 10.1 Å². The van der Waals surface area contributed by atoms with Gasteiger partial charge in [-0.2, -0.15) is 0 Å². The Morgan fingerprint density at radius 2 is 1.91 bits per heavy atom. The number of piperazine rings is 1. The largest absolute Gasteiger partial charge is 0.493 e. The molecule has 128 valence electrons. The second-order valence-electron chi connectivity index (χ2n) is 5.07. The molecule has 0 amide bonds. The number of ether oxygens (including phenoxy) is 1. The van der Waals surface area contributed by atoms with Crippen molar-refractivity contribution >= 4 is 36.2 Å². The molecule has 1 N–H and O–H groups in total. The van der Waals surface area contributed by atoms with Crippen LogP contribution in [0.5, 0.6) is 5.75 Å². The lowest BCUT2D eigenvalue weighted by atomic mass is 10.0. The van der Waals surface area contributed by atoms with Gasteiger partial charge in [-0.05, 0) is 17.5 Å². The summed E-state index contributed by atoms with van der Waals surface area (Å²) in [6, 6.07) is 9.39. The van der Waals surface area contributed by atoms with Gasteiger partial charge in [0.1, 0.15) is 0 Å². The topological polar surface area (TPSA) is 24.5 Å². The maximum atomic E-state index is 14.1. The smallest absolute Gasteiger partial charge is 0.165 e. The van der Waals surface area contributed by atoms with Crippen molar-refractivity contribution < 1.29 is 9.13 Å². The average molecular weight is 379 g/mol. The van der Waals surface area contributed by atoms with E-state index in [0.717, 1.165) is 31.7 Å². The number of methoxy groups -OCH3 is 1. The summed E-state index contributed by atoms with van der Waals surface area (Å²) in [6.07, 6.45) is 0. The number of halogens is 3. The van der Waals surface area contributed by atoms with E-state index in [1.165, 1.54) is 18.1 Å². The number of nitrogens with one attached hydrogen (secondary N) is 1. The van der Waals surface area contributed by atoms with E-state index in [4.69, 9.17) is 4.74 Å². The van der Waals surface area contributed by atoms with Gasteiger partial charge < -0.3 is 10.1 Å². The van der Waals surface area contributed by atoms with Crippen molar-refractivity contribution in [2.75, 3.05) is 33.3 Å². The quantitative estimate of drug-likeness (QED) is 0.876. The monoisotopic (exact) mass is 378 g/mol. The molecule has 2 aromatic rings. The Morgan fingerprint density at radius 1 is 1.17 bits per heavy atom. The molecule has 0 bridgehead atoms. The highest BCUT2D eigenvalue weighted by Gasteiger charge is 2.28. The van der Waals surface area contributed by atoms with Gasteiger partial charge in [-0.3, -0.25) is 4.90 Å². The van der Waals surface area contributed by atoms with Crippen LogP contribution in [0, 0.1) is 5.82 Å². The van der Waals surface area contributed by atoms with Crippen LogP contribution in [0.3, 0.4) is 0 Å².